The fraction of sp³-hybridized carbons (Fsp3) is 0.613. The zero-order chi connectivity index (χ0) is 52.4. The van der Waals surface area contributed by atoms with E-state index in [4.69, 9.17) is 24.3 Å². The standard InChI is InChI=1S/C62H102NO8P/c1-3-5-7-9-11-13-15-17-19-21-23-24-25-26-27-28-29-30-31-32-33-34-35-36-37-39-41-43-45-47-49-51-53-55-62(65)71-60(59-70-72(66,67)69-57-56-63)58-68-61(64)54-52-50-48-46-44-42-40-38-22-20-18-16-14-12-10-8-6-4-2/h5,7,11,13,17,19-20,22-24,26-27,29-30,32-33,35-36,39,41,45,47,60H,3-4,6,8-10,12,14-16,18,21,25,28,31,34,37-38,40,42-44,46,48-59,63H2,1-2H3,(H,66,67)/b7-5-,13-11-,19-17-,22-20-,24-23-,27-26-,30-29-,33-32-,36-35-,41-39-,47-45-. The van der Waals surface area contributed by atoms with Gasteiger partial charge in [0.15, 0.2) is 6.10 Å². The molecule has 0 bridgehead atoms. The number of nitrogens with two attached hydrogens (primary N) is 1. The maximum absolute atomic E-state index is 12.7. The number of esters is 2. The van der Waals surface area contributed by atoms with Gasteiger partial charge in [-0.05, 0) is 116 Å². The lowest BCUT2D eigenvalue weighted by Crippen LogP contribution is -2.29. The number of hydrogen-bond donors (Lipinski definition) is 2. The van der Waals surface area contributed by atoms with Gasteiger partial charge in [0.05, 0.1) is 13.2 Å². The molecule has 0 rings (SSSR count). The quantitative estimate of drug-likeness (QED) is 0.0264. The highest BCUT2D eigenvalue weighted by Gasteiger charge is 2.26. The first-order chi connectivity index (χ1) is 35.3. The first-order valence-electron chi connectivity index (χ1n) is 28.2. The monoisotopic (exact) mass is 1020 g/mol. The number of carbonyl (C=O) groups excluding carboxylic acids is 2. The van der Waals surface area contributed by atoms with Gasteiger partial charge >= 0.3 is 19.8 Å². The number of allylic oxidation sites excluding steroid dienone is 22. The Hall–Kier alpha value is -3.85. The average Bonchev–Trinajstić information content (AvgIpc) is 3.37. The molecule has 408 valence electrons. The highest BCUT2D eigenvalue weighted by molar-refractivity contribution is 7.47. The number of hydrogen-bond acceptors (Lipinski definition) is 8. The van der Waals surface area contributed by atoms with Gasteiger partial charge in [0, 0.05) is 19.4 Å². The molecule has 9 nitrogen and oxygen atoms in total. The normalized spacial score (nSPS) is 14.1. The summed E-state index contributed by atoms with van der Waals surface area (Å²) >= 11 is 0. The molecule has 0 aromatic carbocycles. The molecular formula is C62H102NO8P. The Morgan fingerprint density at radius 3 is 1.18 bits per heavy atom. The van der Waals surface area contributed by atoms with Crippen molar-refractivity contribution in [1.29, 1.82) is 0 Å². The third-order valence-corrected chi connectivity index (χ3v) is 12.3. The topological polar surface area (TPSA) is 134 Å². The molecule has 0 saturated carbocycles. The van der Waals surface area contributed by atoms with Crippen LogP contribution < -0.4 is 5.73 Å². The molecule has 0 aromatic heterocycles. The maximum Gasteiger partial charge on any atom is 0.472 e. The van der Waals surface area contributed by atoms with E-state index in [0.29, 0.717) is 12.8 Å². The fourth-order valence-electron chi connectivity index (χ4n) is 7.13. The molecule has 0 aromatic rings. The van der Waals surface area contributed by atoms with Crippen molar-refractivity contribution in [3.63, 3.8) is 0 Å². The van der Waals surface area contributed by atoms with Gasteiger partial charge < -0.3 is 20.1 Å². The molecule has 0 aliphatic carbocycles. The van der Waals surface area contributed by atoms with E-state index in [1.165, 1.54) is 70.6 Å². The van der Waals surface area contributed by atoms with Crippen molar-refractivity contribution >= 4 is 19.8 Å². The Labute approximate surface area is 440 Å². The van der Waals surface area contributed by atoms with Crippen LogP contribution in [0.5, 0.6) is 0 Å². The first kappa shape index (κ1) is 68.2. The van der Waals surface area contributed by atoms with Crippen molar-refractivity contribution < 1.29 is 37.6 Å². The van der Waals surface area contributed by atoms with Crippen LogP contribution >= 0.6 is 7.82 Å². The van der Waals surface area contributed by atoms with Gasteiger partial charge in [-0.1, -0.05) is 218 Å². The van der Waals surface area contributed by atoms with Crippen LogP contribution in [0.1, 0.15) is 213 Å². The van der Waals surface area contributed by atoms with Gasteiger partial charge in [-0.15, -0.1) is 0 Å². The van der Waals surface area contributed by atoms with Crippen molar-refractivity contribution in [3.05, 3.63) is 134 Å². The van der Waals surface area contributed by atoms with Crippen LogP contribution in [-0.4, -0.2) is 49.3 Å². The number of phosphoric acid groups is 1. The van der Waals surface area contributed by atoms with Crippen molar-refractivity contribution in [2.45, 2.75) is 219 Å². The second-order valence-corrected chi connectivity index (χ2v) is 19.5. The smallest absolute Gasteiger partial charge is 0.462 e. The molecule has 3 N–H and O–H groups in total. The Kier molecular flexibility index (Phi) is 53.4. The van der Waals surface area contributed by atoms with Gasteiger partial charge in [-0.2, -0.15) is 0 Å². The lowest BCUT2D eigenvalue weighted by molar-refractivity contribution is -0.161. The maximum atomic E-state index is 12.7. The third-order valence-electron chi connectivity index (χ3n) is 11.3. The fourth-order valence-corrected chi connectivity index (χ4v) is 7.89. The van der Waals surface area contributed by atoms with E-state index in [2.05, 4.69) is 148 Å². The van der Waals surface area contributed by atoms with Gasteiger partial charge in [0.1, 0.15) is 6.61 Å². The van der Waals surface area contributed by atoms with Gasteiger partial charge in [-0.3, -0.25) is 18.6 Å². The zero-order valence-corrected chi connectivity index (χ0v) is 46.3. The number of rotatable bonds is 51. The molecule has 0 aliphatic rings. The summed E-state index contributed by atoms with van der Waals surface area (Å²) in [6.07, 6.45) is 79.3. The van der Waals surface area contributed by atoms with E-state index in [1.54, 1.807) is 0 Å². The van der Waals surface area contributed by atoms with Crippen LogP contribution in [0.15, 0.2) is 134 Å². The van der Waals surface area contributed by atoms with Crippen molar-refractivity contribution in [3.8, 4) is 0 Å². The molecule has 2 atom stereocenters. The van der Waals surface area contributed by atoms with Crippen LogP contribution in [0.25, 0.3) is 0 Å². The molecule has 2 unspecified atom stereocenters. The minimum atomic E-state index is -4.41. The van der Waals surface area contributed by atoms with Crippen LogP contribution in [0.3, 0.4) is 0 Å². The van der Waals surface area contributed by atoms with Crippen molar-refractivity contribution in [2.24, 2.45) is 5.73 Å². The Morgan fingerprint density at radius 2 is 0.764 bits per heavy atom. The number of ether oxygens (including phenoxy) is 2. The van der Waals surface area contributed by atoms with Crippen molar-refractivity contribution in [1.82, 2.24) is 0 Å². The molecular weight excluding hydrogens is 918 g/mol. The number of carbonyl (C=O) groups is 2. The van der Waals surface area contributed by atoms with Crippen molar-refractivity contribution in [2.75, 3.05) is 26.4 Å². The molecule has 0 saturated heterocycles. The predicted octanol–water partition coefficient (Wildman–Crippen LogP) is 17.8. The summed E-state index contributed by atoms with van der Waals surface area (Å²) in [5, 5.41) is 0. The second-order valence-electron chi connectivity index (χ2n) is 18.1. The molecule has 0 radical (unpaired) electrons. The van der Waals surface area contributed by atoms with Crippen LogP contribution in [0.4, 0.5) is 0 Å². The summed E-state index contributed by atoms with van der Waals surface area (Å²) in [7, 11) is -4.41. The largest absolute Gasteiger partial charge is 0.472 e. The molecule has 0 aliphatic heterocycles. The summed E-state index contributed by atoms with van der Waals surface area (Å²) in [6, 6.07) is 0. The van der Waals surface area contributed by atoms with Crippen LogP contribution in [-0.2, 0) is 32.7 Å². The summed E-state index contributed by atoms with van der Waals surface area (Å²) in [4.78, 5) is 35.1. The lowest BCUT2D eigenvalue weighted by atomic mass is 10.1. The Bertz CT molecular complexity index is 1630. The minimum absolute atomic E-state index is 0.0384. The molecule has 0 fully saturated rings. The Morgan fingerprint density at radius 1 is 0.431 bits per heavy atom. The molecule has 10 heteroatoms. The van der Waals surface area contributed by atoms with Gasteiger partial charge in [-0.25, -0.2) is 4.57 Å². The van der Waals surface area contributed by atoms with E-state index in [-0.39, 0.29) is 32.6 Å². The Balaban J connectivity index is 4.15. The van der Waals surface area contributed by atoms with Gasteiger partial charge in [0.25, 0.3) is 0 Å². The predicted molar refractivity (Wildman–Crippen MR) is 307 cm³/mol. The second kappa shape index (κ2) is 56.4. The summed E-state index contributed by atoms with van der Waals surface area (Å²) in [6.45, 7) is 3.56. The minimum Gasteiger partial charge on any atom is -0.462 e. The third kappa shape index (κ3) is 55.5. The number of phosphoric ester groups is 1. The zero-order valence-electron chi connectivity index (χ0n) is 45.4. The highest BCUT2D eigenvalue weighted by Crippen LogP contribution is 2.43. The molecule has 72 heavy (non-hydrogen) atoms. The average molecular weight is 1020 g/mol. The van der Waals surface area contributed by atoms with Crippen LogP contribution in [0, 0.1) is 0 Å². The summed E-state index contributed by atoms with van der Waals surface area (Å²) < 4.78 is 32.9. The van der Waals surface area contributed by atoms with Crippen LogP contribution in [0.2, 0.25) is 0 Å². The first-order valence-corrected chi connectivity index (χ1v) is 29.7. The summed E-state index contributed by atoms with van der Waals surface area (Å²) in [5.41, 5.74) is 5.37. The lowest BCUT2D eigenvalue weighted by Gasteiger charge is -2.19. The van der Waals surface area contributed by atoms with E-state index < -0.39 is 32.5 Å². The highest BCUT2D eigenvalue weighted by atomic mass is 31.2. The van der Waals surface area contributed by atoms with E-state index in [9.17, 15) is 19.0 Å². The molecule has 0 heterocycles. The van der Waals surface area contributed by atoms with Gasteiger partial charge in [0.2, 0.25) is 0 Å². The summed E-state index contributed by atoms with van der Waals surface area (Å²) in [5.74, 6) is -0.893. The molecule has 0 amide bonds. The number of unbranched alkanes of at least 4 members (excludes halogenated alkanes) is 16. The van der Waals surface area contributed by atoms with E-state index in [1.807, 2.05) is 0 Å². The SMILES string of the molecule is CC/C=C\C/C=C\C/C=C\C/C=C\C/C=C\C/C=C\C/C=C\C/C=C\C/C=C\C/C=C\CCCCC(=O)OC(COC(=O)CCCCCCCCC/C=C\CCCCCCCCC)COP(=O)(O)OCCN. The van der Waals surface area contributed by atoms with E-state index in [0.717, 1.165) is 103 Å². The van der Waals surface area contributed by atoms with E-state index >= 15 is 0 Å². The molecule has 0 spiro atoms.